The first kappa shape index (κ1) is 36.6. The van der Waals surface area contributed by atoms with Gasteiger partial charge in [-0.15, -0.1) is 23.1 Å². The van der Waals surface area contributed by atoms with Crippen molar-refractivity contribution in [3.63, 3.8) is 0 Å². The van der Waals surface area contributed by atoms with Gasteiger partial charge in [-0.3, -0.25) is 14.4 Å². The molecule has 0 bridgehead atoms. The summed E-state index contributed by atoms with van der Waals surface area (Å²) in [5.41, 5.74) is 4.39. The van der Waals surface area contributed by atoms with Crippen molar-refractivity contribution in [2.24, 2.45) is 0 Å². The minimum absolute atomic E-state index is 0.0556. The molecule has 6 rings (SSSR count). The minimum Gasteiger partial charge on any atom is -0.497 e. The standard InChI is InChI=1S/C42H36N4O5S2/c1-28(39(47)46-42-45-38(27-52-42)31-18-22-34(50-2)23-19-31)53-36-15-9-14-33(25-36)43-41(49)37(44-40(48)32-12-7-4-8-13-32)24-29-16-20-35(21-17-29)51-26-30-10-5-3-6-11-30/h3-25,27-28H,26H2,1-2H3,(H,43,49)(H,44,48)(H,45,46,47)/b37-24-. The molecule has 0 aliphatic rings. The highest BCUT2D eigenvalue weighted by atomic mass is 32.2. The van der Waals surface area contributed by atoms with E-state index in [1.54, 1.807) is 62.6 Å². The Bertz CT molecular complexity index is 2190. The predicted octanol–water partition coefficient (Wildman–Crippen LogP) is 8.93. The van der Waals surface area contributed by atoms with Gasteiger partial charge in [-0.25, -0.2) is 4.98 Å². The van der Waals surface area contributed by atoms with Crippen LogP contribution in [-0.4, -0.2) is 35.1 Å². The zero-order valence-electron chi connectivity index (χ0n) is 28.9. The summed E-state index contributed by atoms with van der Waals surface area (Å²) in [5.74, 6) is 0.294. The van der Waals surface area contributed by atoms with Crippen LogP contribution in [0, 0.1) is 0 Å². The van der Waals surface area contributed by atoms with Gasteiger partial charge >= 0.3 is 0 Å². The lowest BCUT2D eigenvalue weighted by atomic mass is 10.1. The van der Waals surface area contributed by atoms with E-state index in [-0.39, 0.29) is 11.6 Å². The topological polar surface area (TPSA) is 119 Å². The summed E-state index contributed by atoms with van der Waals surface area (Å²) in [5, 5.41) is 10.5. The van der Waals surface area contributed by atoms with Crippen LogP contribution in [0.4, 0.5) is 10.8 Å². The van der Waals surface area contributed by atoms with E-state index < -0.39 is 17.1 Å². The summed E-state index contributed by atoms with van der Waals surface area (Å²) in [6, 6.07) is 40.6. The monoisotopic (exact) mass is 740 g/mol. The highest BCUT2D eigenvalue weighted by Crippen LogP contribution is 2.29. The minimum atomic E-state index is -0.511. The van der Waals surface area contributed by atoms with Gasteiger partial charge in [0, 0.05) is 27.1 Å². The van der Waals surface area contributed by atoms with Crippen LogP contribution < -0.4 is 25.4 Å². The number of aromatic nitrogens is 1. The molecule has 6 aromatic rings. The van der Waals surface area contributed by atoms with Gasteiger partial charge in [0.15, 0.2) is 5.13 Å². The number of nitrogens with zero attached hydrogens (tertiary/aromatic N) is 1. The van der Waals surface area contributed by atoms with Crippen LogP contribution in [0.3, 0.4) is 0 Å². The van der Waals surface area contributed by atoms with Crippen molar-refractivity contribution in [2.45, 2.75) is 23.7 Å². The summed E-state index contributed by atoms with van der Waals surface area (Å²) >= 11 is 2.70. The zero-order valence-corrected chi connectivity index (χ0v) is 30.6. The molecule has 266 valence electrons. The Morgan fingerprint density at radius 3 is 2.23 bits per heavy atom. The molecular weight excluding hydrogens is 705 g/mol. The lowest BCUT2D eigenvalue weighted by Gasteiger charge is -2.14. The van der Waals surface area contributed by atoms with Gasteiger partial charge in [0.2, 0.25) is 5.91 Å². The molecule has 3 amide bonds. The molecule has 53 heavy (non-hydrogen) atoms. The number of rotatable bonds is 14. The maximum Gasteiger partial charge on any atom is 0.272 e. The Labute approximate surface area is 316 Å². The Kier molecular flexibility index (Phi) is 12.3. The molecule has 0 saturated heterocycles. The molecule has 0 aliphatic carbocycles. The van der Waals surface area contributed by atoms with Gasteiger partial charge in [-0.05, 0) is 90.9 Å². The SMILES string of the molecule is COc1ccc(-c2csc(NC(=O)C(C)Sc3cccc(NC(=O)/C(=C/c4ccc(OCc5ccccc5)cc4)NC(=O)c4ccccc4)c3)n2)cc1. The van der Waals surface area contributed by atoms with Crippen molar-refractivity contribution < 1.29 is 23.9 Å². The third-order valence-corrected chi connectivity index (χ3v) is 9.71. The van der Waals surface area contributed by atoms with Gasteiger partial charge in [-0.2, -0.15) is 0 Å². The molecule has 1 atom stereocenters. The number of amides is 3. The molecule has 0 spiro atoms. The molecule has 1 unspecified atom stereocenters. The molecule has 0 fully saturated rings. The summed E-state index contributed by atoms with van der Waals surface area (Å²) in [4.78, 5) is 45.3. The van der Waals surface area contributed by atoms with Gasteiger partial charge in [0.1, 0.15) is 23.8 Å². The zero-order chi connectivity index (χ0) is 37.0. The number of ether oxygens (including phenoxy) is 2. The van der Waals surface area contributed by atoms with Gasteiger partial charge in [0.05, 0.1) is 18.1 Å². The molecule has 1 aromatic heterocycles. The maximum absolute atomic E-state index is 13.7. The average molecular weight is 741 g/mol. The third-order valence-electron chi connectivity index (χ3n) is 7.86. The fourth-order valence-corrected chi connectivity index (χ4v) is 6.70. The number of methoxy groups -OCH3 is 1. The van der Waals surface area contributed by atoms with Crippen LogP contribution in [0.1, 0.15) is 28.4 Å². The molecule has 9 nitrogen and oxygen atoms in total. The molecule has 0 aliphatic heterocycles. The van der Waals surface area contributed by atoms with Crippen molar-refractivity contribution in [3.8, 4) is 22.8 Å². The number of thiazole rings is 1. The number of nitrogens with one attached hydrogen (secondary N) is 3. The number of anilines is 2. The van der Waals surface area contributed by atoms with Crippen LogP contribution in [-0.2, 0) is 16.2 Å². The van der Waals surface area contributed by atoms with Crippen LogP contribution in [0.5, 0.6) is 11.5 Å². The maximum atomic E-state index is 13.7. The molecule has 11 heteroatoms. The van der Waals surface area contributed by atoms with Crippen molar-refractivity contribution in [3.05, 3.63) is 161 Å². The first-order valence-electron chi connectivity index (χ1n) is 16.7. The summed E-state index contributed by atoms with van der Waals surface area (Å²) in [6.45, 7) is 2.23. The summed E-state index contributed by atoms with van der Waals surface area (Å²) < 4.78 is 11.1. The number of carbonyl (C=O) groups is 3. The van der Waals surface area contributed by atoms with Gasteiger partial charge < -0.3 is 25.4 Å². The van der Waals surface area contributed by atoms with E-state index >= 15 is 0 Å². The normalized spacial score (nSPS) is 11.6. The fraction of sp³-hybridized carbons (Fsp3) is 0.0952. The van der Waals surface area contributed by atoms with Crippen molar-refractivity contribution in [2.75, 3.05) is 17.7 Å². The van der Waals surface area contributed by atoms with E-state index in [1.807, 2.05) is 96.4 Å². The quantitative estimate of drug-likeness (QED) is 0.0754. The lowest BCUT2D eigenvalue weighted by molar-refractivity contribution is -0.115. The molecule has 1 heterocycles. The van der Waals surface area contributed by atoms with Crippen LogP contribution in [0.15, 0.2) is 149 Å². The van der Waals surface area contributed by atoms with E-state index in [1.165, 1.54) is 23.1 Å². The summed E-state index contributed by atoms with van der Waals surface area (Å²) in [7, 11) is 1.62. The third kappa shape index (κ3) is 10.4. The second-order valence-corrected chi connectivity index (χ2v) is 14.0. The number of carbonyl (C=O) groups excluding carboxylic acids is 3. The second kappa shape index (κ2) is 17.9. The molecule has 5 aromatic carbocycles. The lowest BCUT2D eigenvalue weighted by Crippen LogP contribution is -2.30. The van der Waals surface area contributed by atoms with E-state index in [2.05, 4.69) is 20.9 Å². The predicted molar refractivity (Wildman–Crippen MR) is 212 cm³/mol. The smallest absolute Gasteiger partial charge is 0.272 e. The number of hydrogen-bond acceptors (Lipinski definition) is 8. The highest BCUT2D eigenvalue weighted by Gasteiger charge is 2.19. The summed E-state index contributed by atoms with van der Waals surface area (Å²) in [6.07, 6.45) is 1.61. The van der Waals surface area contributed by atoms with E-state index in [0.717, 1.165) is 27.5 Å². The Hall–Kier alpha value is -6.17. The van der Waals surface area contributed by atoms with Crippen LogP contribution in [0.2, 0.25) is 0 Å². The largest absolute Gasteiger partial charge is 0.497 e. The Morgan fingerprint density at radius 2 is 1.51 bits per heavy atom. The number of thioether (sulfide) groups is 1. The van der Waals surface area contributed by atoms with Crippen LogP contribution >= 0.6 is 23.1 Å². The highest BCUT2D eigenvalue weighted by molar-refractivity contribution is 8.00. The average Bonchev–Trinajstić information content (AvgIpc) is 3.66. The second-order valence-electron chi connectivity index (χ2n) is 11.7. The van der Waals surface area contributed by atoms with Crippen molar-refractivity contribution in [1.29, 1.82) is 0 Å². The first-order chi connectivity index (χ1) is 25.8. The molecular formula is C42H36N4O5S2. The molecule has 0 saturated carbocycles. The Morgan fingerprint density at radius 1 is 0.811 bits per heavy atom. The Balaban J connectivity index is 1.11. The van der Waals surface area contributed by atoms with Crippen molar-refractivity contribution in [1.82, 2.24) is 10.3 Å². The fourth-order valence-electron chi connectivity index (χ4n) is 5.05. The molecule has 3 N–H and O–H groups in total. The van der Waals surface area contributed by atoms with Crippen LogP contribution in [0.25, 0.3) is 17.3 Å². The first-order valence-corrected chi connectivity index (χ1v) is 18.4. The van der Waals surface area contributed by atoms with E-state index in [0.29, 0.717) is 34.3 Å². The molecule has 0 radical (unpaired) electrons. The van der Waals surface area contributed by atoms with E-state index in [4.69, 9.17) is 9.47 Å². The number of hydrogen-bond donors (Lipinski definition) is 3. The van der Waals surface area contributed by atoms with Crippen molar-refractivity contribution >= 4 is 57.7 Å². The van der Waals surface area contributed by atoms with E-state index in [9.17, 15) is 14.4 Å². The number of benzene rings is 5. The van der Waals surface area contributed by atoms with Gasteiger partial charge in [-0.1, -0.05) is 66.7 Å². The van der Waals surface area contributed by atoms with Gasteiger partial charge in [0.25, 0.3) is 11.8 Å².